The number of carbonyl (C=O) groups is 2. The molecule has 3 aromatic rings. The predicted molar refractivity (Wildman–Crippen MR) is 172 cm³/mol. The van der Waals surface area contributed by atoms with Crippen LogP contribution in [0.4, 0.5) is 0 Å². The van der Waals surface area contributed by atoms with E-state index in [1.165, 1.54) is 30.1 Å². The molecule has 1 atom stereocenters. The highest BCUT2D eigenvalue weighted by atomic mass is 127. The van der Waals surface area contributed by atoms with E-state index in [1.807, 2.05) is 12.1 Å². The van der Waals surface area contributed by atoms with Gasteiger partial charge in [-0.1, -0.05) is 17.4 Å². The third-order valence-electron chi connectivity index (χ3n) is 6.50. The Morgan fingerprint density at radius 3 is 2.53 bits per heavy atom. The maximum atomic E-state index is 14.1. The topological polar surface area (TPSA) is 148 Å². The Morgan fingerprint density at radius 2 is 1.87 bits per heavy atom. The van der Waals surface area contributed by atoms with Gasteiger partial charge in [-0.15, -0.1) is 0 Å². The molecule has 1 aromatic heterocycles. The van der Waals surface area contributed by atoms with Crippen LogP contribution in [-0.4, -0.2) is 57.2 Å². The third-order valence-corrected chi connectivity index (χ3v) is 8.29. The number of aromatic nitrogens is 1. The number of methoxy groups -OCH3 is 2. The van der Waals surface area contributed by atoms with Gasteiger partial charge in [0.15, 0.2) is 41.0 Å². The number of rotatable bonds is 12. The first-order chi connectivity index (χ1) is 21.7. The van der Waals surface area contributed by atoms with Gasteiger partial charge < -0.3 is 28.4 Å². The van der Waals surface area contributed by atoms with Gasteiger partial charge in [0.25, 0.3) is 5.56 Å². The highest BCUT2D eigenvalue weighted by Crippen LogP contribution is 2.37. The van der Waals surface area contributed by atoms with Crippen molar-refractivity contribution < 1.29 is 38.0 Å². The summed E-state index contributed by atoms with van der Waals surface area (Å²) in [7, 11) is 2.75. The summed E-state index contributed by atoms with van der Waals surface area (Å²) in [6, 6.07) is 9.54. The highest BCUT2D eigenvalue weighted by molar-refractivity contribution is 14.1. The van der Waals surface area contributed by atoms with E-state index in [0.29, 0.717) is 59.3 Å². The Kier molecular flexibility index (Phi) is 11.2. The van der Waals surface area contributed by atoms with Gasteiger partial charge in [0.2, 0.25) is 0 Å². The molecule has 4 rings (SSSR count). The van der Waals surface area contributed by atoms with Crippen molar-refractivity contribution in [3.8, 4) is 29.1 Å². The number of ether oxygens (including phenoxy) is 6. The van der Waals surface area contributed by atoms with Gasteiger partial charge >= 0.3 is 11.9 Å². The third kappa shape index (κ3) is 7.31. The number of hydrogen-bond acceptors (Lipinski definition) is 12. The van der Waals surface area contributed by atoms with E-state index in [2.05, 4.69) is 32.3 Å². The monoisotopic (exact) mass is 747 g/mol. The first kappa shape index (κ1) is 33.5. The Hall–Kier alpha value is -4.36. The number of esters is 2. The number of halogens is 1. The number of nitrogens with zero attached hydrogens (tertiary/aromatic N) is 3. The molecule has 0 unspecified atom stereocenters. The smallest absolute Gasteiger partial charge is 0.343 e. The lowest BCUT2D eigenvalue weighted by Crippen LogP contribution is -2.40. The van der Waals surface area contributed by atoms with Gasteiger partial charge in [-0.25, -0.2) is 14.6 Å². The standard InChI is InChI=1S/C31H30IN3O9S/c1-6-41-22-15-19(8-9-21(22)44-16-25(36)40-5)27-26(30(38)42-7-2)17(3)34-31-35(27)29(37)24(45-31)14-18-12-20(32)28(43-11-10-33)23(13-18)39-4/h8-9,12-15,27H,6-7,11,16H2,1-5H3/b24-14-/t27-/m0/s1. The van der Waals surface area contributed by atoms with E-state index in [0.717, 1.165) is 0 Å². The van der Waals surface area contributed by atoms with Crippen LogP contribution in [0.15, 0.2) is 51.4 Å². The summed E-state index contributed by atoms with van der Waals surface area (Å²) in [4.78, 5) is 44.1. The van der Waals surface area contributed by atoms with E-state index in [-0.39, 0.29) is 31.0 Å². The summed E-state index contributed by atoms with van der Waals surface area (Å²) < 4.78 is 35.0. The maximum absolute atomic E-state index is 14.1. The SMILES string of the molecule is CCOC(=O)C1=C(C)N=c2s/c(=C\c3cc(I)c(OCC#N)c(OC)c3)c(=O)n2[C@H]1c1ccc(OCC(=O)OC)c(OCC)c1. The van der Waals surface area contributed by atoms with Crippen molar-refractivity contribution in [2.75, 3.05) is 40.6 Å². The Balaban J connectivity index is 1.89. The summed E-state index contributed by atoms with van der Waals surface area (Å²) in [5.74, 6) is 0.286. The minimum Gasteiger partial charge on any atom is -0.493 e. The van der Waals surface area contributed by atoms with Crippen LogP contribution in [-0.2, 0) is 19.1 Å². The number of fused-ring (bicyclic) bond motifs is 1. The zero-order valence-electron chi connectivity index (χ0n) is 25.2. The van der Waals surface area contributed by atoms with Crippen molar-refractivity contribution in [2.45, 2.75) is 26.8 Å². The summed E-state index contributed by atoms with van der Waals surface area (Å²) >= 11 is 3.25. The maximum Gasteiger partial charge on any atom is 0.343 e. The quantitative estimate of drug-likeness (QED) is 0.200. The molecule has 0 fully saturated rings. The number of allylic oxidation sites excluding steroid dienone is 1. The number of benzene rings is 2. The predicted octanol–water partition coefficient (Wildman–Crippen LogP) is 3.26. The summed E-state index contributed by atoms with van der Waals surface area (Å²) in [6.07, 6.45) is 1.71. The van der Waals surface area contributed by atoms with Crippen molar-refractivity contribution in [3.63, 3.8) is 0 Å². The lowest BCUT2D eigenvalue weighted by atomic mass is 9.95. The number of nitriles is 1. The van der Waals surface area contributed by atoms with Crippen molar-refractivity contribution in [1.29, 1.82) is 5.26 Å². The number of hydrogen-bond donors (Lipinski definition) is 0. The lowest BCUT2D eigenvalue weighted by Gasteiger charge is -2.25. The molecule has 0 bridgehead atoms. The molecule has 0 N–H and O–H groups in total. The lowest BCUT2D eigenvalue weighted by molar-refractivity contribution is -0.143. The molecule has 1 aliphatic heterocycles. The molecule has 236 valence electrons. The van der Waals surface area contributed by atoms with Gasteiger partial charge in [0, 0.05) is 0 Å². The van der Waals surface area contributed by atoms with Crippen molar-refractivity contribution in [2.24, 2.45) is 4.99 Å². The van der Waals surface area contributed by atoms with Crippen LogP contribution in [0.5, 0.6) is 23.0 Å². The fraction of sp³-hybridized carbons (Fsp3) is 0.323. The van der Waals surface area contributed by atoms with Crippen LogP contribution in [0.1, 0.15) is 37.9 Å². The van der Waals surface area contributed by atoms with Gasteiger partial charge in [0.1, 0.15) is 6.07 Å². The van der Waals surface area contributed by atoms with E-state index >= 15 is 0 Å². The van der Waals surface area contributed by atoms with Crippen LogP contribution in [0.2, 0.25) is 0 Å². The molecule has 14 heteroatoms. The molecule has 12 nitrogen and oxygen atoms in total. The average Bonchev–Trinajstić information content (AvgIpc) is 3.32. The molecular weight excluding hydrogens is 717 g/mol. The molecule has 1 aliphatic rings. The molecule has 45 heavy (non-hydrogen) atoms. The van der Waals surface area contributed by atoms with E-state index in [9.17, 15) is 14.4 Å². The van der Waals surface area contributed by atoms with Crippen LogP contribution in [0.3, 0.4) is 0 Å². The highest BCUT2D eigenvalue weighted by Gasteiger charge is 2.34. The van der Waals surface area contributed by atoms with Gasteiger partial charge in [-0.2, -0.15) is 5.26 Å². The zero-order chi connectivity index (χ0) is 32.7. The van der Waals surface area contributed by atoms with Gasteiger partial charge in [-0.3, -0.25) is 9.36 Å². The fourth-order valence-electron chi connectivity index (χ4n) is 4.60. The number of thiazole rings is 1. The van der Waals surface area contributed by atoms with Crippen molar-refractivity contribution in [1.82, 2.24) is 4.57 Å². The van der Waals surface area contributed by atoms with E-state index in [4.69, 9.17) is 28.9 Å². The largest absolute Gasteiger partial charge is 0.493 e. The molecule has 0 amide bonds. The molecule has 0 saturated heterocycles. The summed E-state index contributed by atoms with van der Waals surface area (Å²) in [5.41, 5.74) is 1.45. The zero-order valence-corrected chi connectivity index (χ0v) is 28.1. The van der Waals surface area contributed by atoms with Crippen LogP contribution in [0, 0.1) is 14.9 Å². The average molecular weight is 748 g/mol. The second-order valence-electron chi connectivity index (χ2n) is 9.29. The van der Waals surface area contributed by atoms with Crippen molar-refractivity contribution in [3.05, 3.63) is 76.0 Å². The Labute approximate surface area is 276 Å². The molecule has 0 aliphatic carbocycles. The number of carbonyl (C=O) groups excluding carboxylic acids is 2. The van der Waals surface area contributed by atoms with Gasteiger partial charge in [-0.05, 0) is 84.8 Å². The molecule has 2 heterocycles. The Morgan fingerprint density at radius 1 is 1.09 bits per heavy atom. The summed E-state index contributed by atoms with van der Waals surface area (Å²) in [6.45, 7) is 5.15. The minimum atomic E-state index is -0.896. The molecular formula is C31H30IN3O9S. The molecule has 2 aromatic carbocycles. The first-order valence-electron chi connectivity index (χ1n) is 13.7. The second-order valence-corrected chi connectivity index (χ2v) is 11.5. The van der Waals surface area contributed by atoms with Crippen LogP contribution >= 0.6 is 33.9 Å². The molecule has 0 saturated carbocycles. The first-order valence-corrected chi connectivity index (χ1v) is 15.6. The Bertz CT molecular complexity index is 1870. The normalized spacial score (nSPS) is 14.2. The van der Waals surface area contributed by atoms with Crippen molar-refractivity contribution >= 4 is 51.9 Å². The van der Waals surface area contributed by atoms with E-state index in [1.54, 1.807) is 51.1 Å². The van der Waals surface area contributed by atoms with E-state index < -0.39 is 18.0 Å². The van der Waals surface area contributed by atoms with Gasteiger partial charge in [0.05, 0.1) is 52.8 Å². The fourth-order valence-corrected chi connectivity index (χ4v) is 6.43. The second kappa shape index (κ2) is 15.1. The van der Waals surface area contributed by atoms with Crippen LogP contribution < -0.4 is 33.8 Å². The van der Waals surface area contributed by atoms with Crippen LogP contribution in [0.25, 0.3) is 6.08 Å². The molecule has 0 spiro atoms. The summed E-state index contributed by atoms with van der Waals surface area (Å²) in [5, 5.41) is 8.92. The molecule has 0 radical (unpaired) electrons. The minimum absolute atomic E-state index is 0.131.